The fourth-order valence-corrected chi connectivity index (χ4v) is 3.17. The Bertz CT molecular complexity index is 1290. The number of rotatable bonds is 8. The molecule has 0 radical (unpaired) electrons. The quantitative estimate of drug-likeness (QED) is 0.183. The molecule has 0 bridgehead atoms. The zero-order valence-corrected chi connectivity index (χ0v) is 17.8. The molecular weight excluding hydrogens is 422 g/mol. The minimum absolute atomic E-state index is 0.0658. The molecule has 0 spiro atoms. The zero-order valence-electron chi connectivity index (χ0n) is 17.8. The lowest BCUT2D eigenvalue weighted by atomic mass is 10.1. The first-order valence-electron chi connectivity index (χ1n) is 10.1. The Morgan fingerprint density at radius 1 is 1.00 bits per heavy atom. The highest BCUT2D eigenvalue weighted by Gasteiger charge is 2.15. The highest BCUT2D eigenvalue weighted by Crippen LogP contribution is 2.28. The molecule has 4 rings (SSSR count). The Balaban J connectivity index is 1.33. The molecule has 0 saturated carbocycles. The Kier molecular flexibility index (Phi) is 6.65. The van der Waals surface area contributed by atoms with Gasteiger partial charge in [-0.25, -0.2) is 10.2 Å². The number of nitrogens with one attached hydrogen (secondary N) is 2. The van der Waals surface area contributed by atoms with Gasteiger partial charge in [0.05, 0.1) is 26.1 Å². The summed E-state index contributed by atoms with van der Waals surface area (Å²) in [4.78, 5) is 24.2. The first-order valence-corrected chi connectivity index (χ1v) is 10.1. The lowest BCUT2D eigenvalue weighted by Gasteiger charge is -2.09. The molecule has 0 atom stereocenters. The van der Waals surface area contributed by atoms with Crippen molar-refractivity contribution in [2.75, 3.05) is 19.0 Å². The average Bonchev–Trinajstić information content (AvgIpc) is 3.39. The SMILES string of the molecule is COc1cc(/C=N\NC(=O)CNc2cccc3ccccc23)ccc1OC(=O)c1ccco1. The van der Waals surface area contributed by atoms with Crippen LogP contribution in [0.15, 0.2) is 88.6 Å². The van der Waals surface area contributed by atoms with Gasteiger partial charge in [0.15, 0.2) is 11.5 Å². The highest BCUT2D eigenvalue weighted by molar-refractivity contribution is 5.95. The molecule has 0 aliphatic heterocycles. The molecule has 0 aliphatic rings. The maximum absolute atomic E-state index is 12.2. The van der Waals surface area contributed by atoms with Crippen LogP contribution in [-0.4, -0.2) is 31.7 Å². The summed E-state index contributed by atoms with van der Waals surface area (Å²) in [7, 11) is 1.46. The number of hydrogen-bond donors (Lipinski definition) is 2. The Morgan fingerprint density at radius 2 is 1.85 bits per heavy atom. The smallest absolute Gasteiger partial charge is 0.379 e. The van der Waals surface area contributed by atoms with Crippen LogP contribution < -0.4 is 20.2 Å². The van der Waals surface area contributed by atoms with Gasteiger partial charge in [-0.15, -0.1) is 0 Å². The molecule has 8 nitrogen and oxygen atoms in total. The molecule has 33 heavy (non-hydrogen) atoms. The van der Waals surface area contributed by atoms with Crippen LogP contribution in [0.1, 0.15) is 16.1 Å². The van der Waals surface area contributed by atoms with Crippen molar-refractivity contribution < 1.29 is 23.5 Å². The van der Waals surface area contributed by atoms with E-state index in [1.807, 2.05) is 42.5 Å². The van der Waals surface area contributed by atoms with E-state index in [-0.39, 0.29) is 24.0 Å². The van der Waals surface area contributed by atoms with E-state index in [1.165, 1.54) is 25.7 Å². The summed E-state index contributed by atoms with van der Waals surface area (Å²) < 4.78 is 15.6. The predicted molar refractivity (Wildman–Crippen MR) is 125 cm³/mol. The van der Waals surface area contributed by atoms with E-state index in [1.54, 1.807) is 24.3 Å². The number of amides is 1. The van der Waals surface area contributed by atoms with Crippen LogP contribution in [0.3, 0.4) is 0 Å². The van der Waals surface area contributed by atoms with Crippen molar-refractivity contribution in [3.8, 4) is 11.5 Å². The normalized spacial score (nSPS) is 10.8. The zero-order chi connectivity index (χ0) is 23.0. The van der Waals surface area contributed by atoms with Gasteiger partial charge in [0.25, 0.3) is 5.91 Å². The van der Waals surface area contributed by atoms with Crippen LogP contribution in [0.25, 0.3) is 10.8 Å². The van der Waals surface area contributed by atoms with Crippen molar-refractivity contribution in [1.82, 2.24) is 5.43 Å². The van der Waals surface area contributed by atoms with Crippen LogP contribution in [0.4, 0.5) is 5.69 Å². The first-order chi connectivity index (χ1) is 16.1. The topological polar surface area (TPSA) is 102 Å². The van der Waals surface area contributed by atoms with Crippen molar-refractivity contribution in [2.24, 2.45) is 5.10 Å². The van der Waals surface area contributed by atoms with Crippen LogP contribution >= 0.6 is 0 Å². The number of fused-ring (bicyclic) bond motifs is 1. The number of benzene rings is 3. The van der Waals surface area contributed by atoms with E-state index in [9.17, 15) is 9.59 Å². The van der Waals surface area contributed by atoms with Crippen LogP contribution in [0.2, 0.25) is 0 Å². The minimum atomic E-state index is -0.634. The summed E-state index contributed by atoms with van der Waals surface area (Å²) in [6.45, 7) is 0.0658. The number of ether oxygens (including phenoxy) is 2. The van der Waals surface area contributed by atoms with Gasteiger partial charge in [-0.2, -0.15) is 5.10 Å². The van der Waals surface area contributed by atoms with Crippen LogP contribution in [0.5, 0.6) is 11.5 Å². The van der Waals surface area contributed by atoms with E-state index in [4.69, 9.17) is 13.9 Å². The van der Waals surface area contributed by atoms with Gasteiger partial charge in [-0.1, -0.05) is 36.4 Å². The average molecular weight is 443 g/mol. The Hall–Kier alpha value is -4.59. The Labute approximate surface area is 189 Å². The largest absolute Gasteiger partial charge is 0.493 e. The maximum atomic E-state index is 12.2. The molecule has 0 aliphatic carbocycles. The van der Waals surface area contributed by atoms with Crippen LogP contribution in [-0.2, 0) is 4.79 Å². The van der Waals surface area contributed by atoms with E-state index in [0.717, 1.165) is 16.5 Å². The summed E-state index contributed by atoms with van der Waals surface area (Å²) in [5.74, 6) is -0.273. The van der Waals surface area contributed by atoms with Gasteiger partial charge in [-0.3, -0.25) is 4.79 Å². The molecule has 0 saturated heterocycles. The molecule has 1 aromatic heterocycles. The standard InChI is InChI=1S/C25H21N3O5/c1-31-23-14-17(11-12-21(23)33-25(30)22-10-5-13-32-22)15-27-28-24(29)16-26-20-9-4-7-18-6-2-3-8-19(18)20/h2-15,26H,16H2,1H3,(H,28,29)/b27-15-. The third-order valence-corrected chi connectivity index (χ3v) is 4.74. The predicted octanol–water partition coefficient (Wildman–Crippen LogP) is 4.22. The van der Waals surface area contributed by atoms with Gasteiger partial charge >= 0.3 is 5.97 Å². The number of methoxy groups -OCH3 is 1. The molecule has 1 amide bonds. The van der Waals surface area contributed by atoms with Crippen LogP contribution in [0, 0.1) is 0 Å². The van der Waals surface area contributed by atoms with E-state index >= 15 is 0 Å². The maximum Gasteiger partial charge on any atom is 0.379 e. The number of esters is 1. The van der Waals surface area contributed by atoms with Crippen molar-refractivity contribution >= 4 is 34.6 Å². The van der Waals surface area contributed by atoms with Crippen molar-refractivity contribution in [2.45, 2.75) is 0 Å². The third-order valence-electron chi connectivity index (χ3n) is 4.74. The number of anilines is 1. The molecule has 8 heteroatoms. The number of carbonyl (C=O) groups excluding carboxylic acids is 2. The molecule has 2 N–H and O–H groups in total. The second-order valence-corrected chi connectivity index (χ2v) is 6.95. The molecular formula is C25H21N3O5. The van der Waals surface area contributed by atoms with Gasteiger partial charge in [0, 0.05) is 11.1 Å². The number of hydrazone groups is 1. The Morgan fingerprint density at radius 3 is 2.67 bits per heavy atom. The third kappa shape index (κ3) is 5.37. The molecule has 4 aromatic rings. The van der Waals surface area contributed by atoms with Crippen molar-refractivity contribution in [3.05, 3.63) is 90.4 Å². The number of carbonyl (C=O) groups is 2. The fourth-order valence-electron chi connectivity index (χ4n) is 3.17. The van der Waals surface area contributed by atoms with Gasteiger partial charge in [0.2, 0.25) is 5.76 Å². The molecule has 0 unspecified atom stereocenters. The summed E-state index contributed by atoms with van der Waals surface area (Å²) in [5.41, 5.74) is 4.00. The highest BCUT2D eigenvalue weighted by atomic mass is 16.6. The van der Waals surface area contributed by atoms with Gasteiger partial charge < -0.3 is 19.2 Å². The van der Waals surface area contributed by atoms with Gasteiger partial charge in [-0.05, 0) is 47.3 Å². The van der Waals surface area contributed by atoms with Crippen molar-refractivity contribution in [3.63, 3.8) is 0 Å². The van der Waals surface area contributed by atoms with Crippen molar-refractivity contribution in [1.29, 1.82) is 0 Å². The number of furan rings is 1. The lowest BCUT2D eigenvalue weighted by molar-refractivity contribution is -0.119. The molecule has 3 aromatic carbocycles. The second kappa shape index (κ2) is 10.1. The lowest BCUT2D eigenvalue weighted by Crippen LogP contribution is -2.25. The second-order valence-electron chi connectivity index (χ2n) is 6.95. The van der Waals surface area contributed by atoms with E-state index in [0.29, 0.717) is 11.3 Å². The summed E-state index contributed by atoms with van der Waals surface area (Å²) in [5, 5.41) is 9.24. The fraction of sp³-hybridized carbons (Fsp3) is 0.0800. The molecule has 166 valence electrons. The van der Waals surface area contributed by atoms with Gasteiger partial charge in [0.1, 0.15) is 0 Å². The molecule has 0 fully saturated rings. The summed E-state index contributed by atoms with van der Waals surface area (Å²) in [6.07, 6.45) is 2.86. The monoisotopic (exact) mass is 443 g/mol. The minimum Gasteiger partial charge on any atom is -0.493 e. The number of nitrogens with zero attached hydrogens (tertiary/aromatic N) is 1. The summed E-state index contributed by atoms with van der Waals surface area (Å²) in [6, 6.07) is 21.8. The first kappa shape index (κ1) is 21.6. The molecule has 1 heterocycles. The summed E-state index contributed by atoms with van der Waals surface area (Å²) >= 11 is 0. The number of hydrogen-bond acceptors (Lipinski definition) is 7. The van der Waals surface area contributed by atoms with E-state index < -0.39 is 5.97 Å². The van der Waals surface area contributed by atoms with E-state index in [2.05, 4.69) is 15.8 Å².